The van der Waals surface area contributed by atoms with E-state index in [0.29, 0.717) is 0 Å². The standard InChI is InChI=1S/BFH2O3.N2/c2-5-1(3)4;1-2/h3-4H;. The number of halogens is 1. The molecule has 40 valence electrons. The molecule has 0 atom stereocenters. The zero-order valence-corrected chi connectivity index (χ0v) is 3.15. The minimum absolute atomic E-state index is 2.28. The molecule has 7 heteroatoms. The second-order valence-electron chi connectivity index (χ2n) is 0.415. The van der Waals surface area contributed by atoms with E-state index < -0.39 is 7.32 Å². The molecule has 0 unspecified atom stereocenters. The first-order valence-electron chi connectivity index (χ1n) is 1.11. The zero-order valence-electron chi connectivity index (χ0n) is 3.15. The molecule has 0 bridgehead atoms. The monoisotopic (exact) mass is 108 g/mol. The maximum Gasteiger partial charge on any atom is 0.667 e. The van der Waals surface area contributed by atoms with Gasteiger partial charge in [0, 0.05) is 10.8 Å². The summed E-state index contributed by atoms with van der Waals surface area (Å²) in [5, 5.41) is 26.6. The molecule has 0 aliphatic carbocycles. The molecule has 5 nitrogen and oxygen atoms in total. The number of hydrogen-bond acceptors (Lipinski definition) is 5. The molecule has 0 amide bonds. The van der Waals surface area contributed by atoms with Crippen LogP contribution in [0.3, 0.4) is 0 Å². The van der Waals surface area contributed by atoms with E-state index in [-0.39, 0.29) is 0 Å². The van der Waals surface area contributed by atoms with Crippen LogP contribution in [0.15, 0.2) is 0 Å². The minimum Gasteiger partial charge on any atom is -0.400 e. The second-order valence-corrected chi connectivity index (χ2v) is 0.415. The maximum absolute atomic E-state index is 10.1. The fourth-order valence-electron chi connectivity index (χ4n) is 0. The van der Waals surface area contributed by atoms with Gasteiger partial charge in [-0.15, -0.1) is 0 Å². The molecule has 0 aromatic carbocycles. The summed E-state index contributed by atoms with van der Waals surface area (Å²) in [4.78, 5) is 2.36. The van der Waals surface area contributed by atoms with E-state index >= 15 is 0 Å². The lowest BCUT2D eigenvalue weighted by Gasteiger charge is -1.78. The zero-order chi connectivity index (χ0) is 6.28. The van der Waals surface area contributed by atoms with E-state index in [0.717, 1.165) is 0 Å². The predicted octanol–water partition coefficient (Wildman–Crippen LogP) is -1.11. The summed E-state index contributed by atoms with van der Waals surface area (Å²) < 4.78 is 10.1. The lowest BCUT2D eigenvalue weighted by atomic mass is 10.3. The van der Waals surface area contributed by atoms with Gasteiger partial charge < -0.3 is 10.0 Å². The van der Waals surface area contributed by atoms with Crippen molar-refractivity contribution in [1.29, 1.82) is 10.8 Å². The third kappa shape index (κ3) is 34.3. The first-order valence-corrected chi connectivity index (χ1v) is 1.11. The van der Waals surface area contributed by atoms with Crippen LogP contribution in [-0.4, -0.2) is 17.4 Å². The van der Waals surface area contributed by atoms with Crippen molar-refractivity contribution >= 4 is 7.32 Å². The van der Waals surface area contributed by atoms with Crippen LogP contribution in [0, 0.1) is 10.8 Å². The Morgan fingerprint density at radius 1 is 1.43 bits per heavy atom. The molecular formula is H2BFN2O3. The Morgan fingerprint density at radius 3 is 1.57 bits per heavy atom. The van der Waals surface area contributed by atoms with Gasteiger partial charge in [0.15, 0.2) is 0 Å². The van der Waals surface area contributed by atoms with Crippen LogP contribution in [0.4, 0.5) is 4.53 Å². The van der Waals surface area contributed by atoms with Crippen LogP contribution in [0.1, 0.15) is 0 Å². The SMILES string of the molecule is N#N.OB(O)OF. The van der Waals surface area contributed by atoms with Gasteiger partial charge in [0.25, 0.3) is 0 Å². The smallest absolute Gasteiger partial charge is 0.400 e. The van der Waals surface area contributed by atoms with Crippen LogP contribution in [-0.2, 0) is 4.86 Å². The Hall–Kier alpha value is -0.705. The molecule has 0 aliphatic rings. The average molecular weight is 108 g/mol. The summed E-state index contributed by atoms with van der Waals surface area (Å²) in [6.45, 7) is 0. The van der Waals surface area contributed by atoms with Crippen molar-refractivity contribution in [1.82, 2.24) is 0 Å². The van der Waals surface area contributed by atoms with E-state index in [1.807, 2.05) is 0 Å². The molecule has 2 N–H and O–H groups in total. The molecule has 7 heavy (non-hydrogen) atoms. The molecule has 0 rings (SSSR count). The van der Waals surface area contributed by atoms with Crippen molar-refractivity contribution in [3.63, 3.8) is 0 Å². The van der Waals surface area contributed by atoms with Gasteiger partial charge in [0.1, 0.15) is 0 Å². The summed E-state index contributed by atoms with van der Waals surface area (Å²) in [5.74, 6) is 0. The van der Waals surface area contributed by atoms with Crippen molar-refractivity contribution in [3.05, 3.63) is 0 Å². The first kappa shape index (κ1) is 9.57. The number of nitrogens with zero attached hydrogens (tertiary/aromatic N) is 2. The summed E-state index contributed by atoms with van der Waals surface area (Å²) in [6, 6.07) is 0. The van der Waals surface area contributed by atoms with E-state index in [4.69, 9.17) is 20.8 Å². The molecule has 0 saturated heterocycles. The van der Waals surface area contributed by atoms with Gasteiger partial charge >= 0.3 is 7.32 Å². The van der Waals surface area contributed by atoms with Crippen LogP contribution in [0.5, 0.6) is 0 Å². The highest BCUT2D eigenvalue weighted by atomic mass is 19.3. The van der Waals surface area contributed by atoms with E-state index in [2.05, 4.69) is 4.86 Å². The number of hydrogen-bond donors (Lipinski definition) is 2. The van der Waals surface area contributed by atoms with Crippen LogP contribution in [0.25, 0.3) is 0 Å². The van der Waals surface area contributed by atoms with Gasteiger partial charge in [-0.1, -0.05) is 4.53 Å². The van der Waals surface area contributed by atoms with Crippen molar-refractivity contribution in [2.24, 2.45) is 0 Å². The topological polar surface area (TPSA) is 97.3 Å². The van der Waals surface area contributed by atoms with Gasteiger partial charge in [-0.05, 0) is 0 Å². The number of rotatable bonds is 1. The first-order chi connectivity index (χ1) is 3.27. The maximum atomic E-state index is 10.1. The summed E-state index contributed by atoms with van der Waals surface area (Å²) in [6.07, 6.45) is 0. The third-order valence-corrected chi connectivity index (χ3v) is 0.0797. The second kappa shape index (κ2) is 9.00. The predicted molar refractivity (Wildman–Crippen MR) is 15.8 cm³/mol. The van der Waals surface area contributed by atoms with Crippen LogP contribution >= 0.6 is 0 Å². The van der Waals surface area contributed by atoms with E-state index in [9.17, 15) is 4.53 Å². The third-order valence-electron chi connectivity index (χ3n) is 0.0797. The molecule has 0 saturated carbocycles. The lowest BCUT2D eigenvalue weighted by Crippen LogP contribution is -2.10. The fraction of sp³-hybridized carbons (Fsp3) is 0. The van der Waals surface area contributed by atoms with Gasteiger partial charge in [-0.3, -0.25) is 0 Å². The Labute approximate surface area is 38.8 Å². The molecule has 0 heterocycles. The molecule has 0 aromatic rings. The fourth-order valence-corrected chi connectivity index (χ4v) is 0. The highest BCUT2D eigenvalue weighted by Gasteiger charge is 2.05. The highest BCUT2D eigenvalue weighted by molar-refractivity contribution is 6.32. The summed E-state index contributed by atoms with van der Waals surface area (Å²) in [7, 11) is -2.28. The Balaban J connectivity index is 0. The Kier molecular flexibility index (Phi) is 12.3. The average Bonchev–Trinajstić information content (AvgIpc) is 1.73. The Morgan fingerprint density at radius 2 is 1.57 bits per heavy atom. The Bertz CT molecular complexity index is 45.4. The van der Waals surface area contributed by atoms with Crippen molar-refractivity contribution < 1.29 is 19.4 Å². The molecule has 0 spiro atoms. The minimum atomic E-state index is -2.28. The van der Waals surface area contributed by atoms with Gasteiger partial charge in [0.2, 0.25) is 0 Å². The molecular weight excluding hydrogens is 106 g/mol. The molecule has 0 aromatic heterocycles. The highest BCUT2D eigenvalue weighted by Crippen LogP contribution is 1.68. The van der Waals surface area contributed by atoms with Crippen LogP contribution < -0.4 is 0 Å². The van der Waals surface area contributed by atoms with Crippen molar-refractivity contribution in [2.75, 3.05) is 0 Å². The van der Waals surface area contributed by atoms with Gasteiger partial charge in [-0.25, -0.2) is 0 Å². The van der Waals surface area contributed by atoms with E-state index in [1.54, 1.807) is 0 Å². The van der Waals surface area contributed by atoms with Gasteiger partial charge in [0.05, 0.1) is 0 Å². The molecule has 0 radical (unpaired) electrons. The normalized spacial score (nSPS) is 5.86. The molecule has 0 aliphatic heterocycles. The van der Waals surface area contributed by atoms with Crippen LogP contribution in [0.2, 0.25) is 0 Å². The lowest BCUT2D eigenvalue weighted by molar-refractivity contribution is -0.0560. The summed E-state index contributed by atoms with van der Waals surface area (Å²) in [5.41, 5.74) is 0. The van der Waals surface area contributed by atoms with Gasteiger partial charge in [-0.2, -0.15) is 4.86 Å². The largest absolute Gasteiger partial charge is 0.667 e. The summed E-state index contributed by atoms with van der Waals surface area (Å²) >= 11 is 0. The quantitative estimate of drug-likeness (QED) is 0.327. The molecule has 0 fully saturated rings. The van der Waals surface area contributed by atoms with Crippen molar-refractivity contribution in [2.45, 2.75) is 0 Å². The van der Waals surface area contributed by atoms with Crippen molar-refractivity contribution in [3.8, 4) is 0 Å². The van der Waals surface area contributed by atoms with E-state index in [1.165, 1.54) is 0 Å².